The fraction of sp³-hybridized carbons (Fsp3) is 0.273. The molecule has 0 radical (unpaired) electrons. The molecule has 3 aromatic rings. The number of hydrogen-bond acceptors (Lipinski definition) is 2. The van der Waals surface area contributed by atoms with Crippen LogP contribution in [0.3, 0.4) is 0 Å². The van der Waals surface area contributed by atoms with E-state index in [-0.39, 0.29) is 22.7 Å². The van der Waals surface area contributed by atoms with E-state index in [1.54, 1.807) is 17.2 Å². The molecule has 1 aliphatic carbocycles. The zero-order chi connectivity index (χ0) is 20.5. The molecule has 0 spiro atoms. The molecule has 1 fully saturated rings. The van der Waals surface area contributed by atoms with E-state index in [9.17, 15) is 14.0 Å². The van der Waals surface area contributed by atoms with Crippen molar-refractivity contribution < 1.29 is 9.18 Å². The molecule has 2 amide bonds. The number of fused-ring (bicyclic) bond motifs is 1. The van der Waals surface area contributed by atoms with Crippen LogP contribution in [-0.4, -0.2) is 22.5 Å². The van der Waals surface area contributed by atoms with Gasteiger partial charge in [0.1, 0.15) is 5.82 Å². The molecule has 2 N–H and O–H groups in total. The number of benzene rings is 2. The van der Waals surface area contributed by atoms with Crippen molar-refractivity contribution in [3.63, 3.8) is 0 Å². The number of nitrogens with zero attached hydrogens (tertiary/aromatic N) is 1. The summed E-state index contributed by atoms with van der Waals surface area (Å²) in [6.07, 6.45) is 3.85. The summed E-state index contributed by atoms with van der Waals surface area (Å²) in [7, 11) is 0. The number of hydrogen-bond donors (Lipinski definition) is 2. The SMILES string of the molecule is C[C@@H](c1c[nH]c(=O)c2ccccc12)N(CC1CC1)C(=O)Nc1ccc(F)c(Cl)c1. The third-order valence-corrected chi connectivity index (χ3v) is 5.63. The minimum absolute atomic E-state index is 0.0452. The van der Waals surface area contributed by atoms with Crippen LogP contribution in [-0.2, 0) is 0 Å². The van der Waals surface area contributed by atoms with Crippen molar-refractivity contribution in [1.82, 2.24) is 9.88 Å². The number of aromatic amines is 1. The molecule has 0 saturated heterocycles. The van der Waals surface area contributed by atoms with E-state index in [1.807, 2.05) is 25.1 Å². The predicted molar refractivity (Wildman–Crippen MR) is 113 cm³/mol. The zero-order valence-corrected chi connectivity index (χ0v) is 16.7. The Morgan fingerprint density at radius 2 is 2.00 bits per heavy atom. The van der Waals surface area contributed by atoms with Crippen LogP contribution in [0.5, 0.6) is 0 Å². The van der Waals surface area contributed by atoms with E-state index in [0.29, 0.717) is 23.5 Å². The van der Waals surface area contributed by atoms with Gasteiger partial charge in [0.25, 0.3) is 5.56 Å². The van der Waals surface area contributed by atoms with Gasteiger partial charge in [-0.3, -0.25) is 4.79 Å². The van der Waals surface area contributed by atoms with Gasteiger partial charge in [0.15, 0.2) is 0 Å². The Hall–Kier alpha value is -2.86. The molecular formula is C22H21ClFN3O2. The molecule has 0 unspecified atom stereocenters. The Morgan fingerprint density at radius 1 is 1.28 bits per heavy atom. The monoisotopic (exact) mass is 413 g/mol. The molecule has 1 aliphatic rings. The number of rotatable bonds is 5. The van der Waals surface area contributed by atoms with Gasteiger partial charge in [0, 0.05) is 23.8 Å². The summed E-state index contributed by atoms with van der Waals surface area (Å²) >= 11 is 5.84. The van der Waals surface area contributed by atoms with Crippen molar-refractivity contribution in [3.8, 4) is 0 Å². The molecule has 1 aromatic heterocycles. The summed E-state index contributed by atoms with van der Waals surface area (Å²) < 4.78 is 13.4. The van der Waals surface area contributed by atoms with Crippen molar-refractivity contribution in [2.75, 3.05) is 11.9 Å². The van der Waals surface area contributed by atoms with Gasteiger partial charge in [-0.1, -0.05) is 29.8 Å². The summed E-state index contributed by atoms with van der Waals surface area (Å²) in [6.45, 7) is 2.55. The van der Waals surface area contributed by atoms with Crippen LogP contribution in [0.15, 0.2) is 53.5 Å². The highest BCUT2D eigenvalue weighted by Crippen LogP contribution is 2.34. The number of amides is 2. The summed E-state index contributed by atoms with van der Waals surface area (Å²) in [5.41, 5.74) is 1.14. The number of nitrogens with one attached hydrogen (secondary N) is 2. The number of carbonyl (C=O) groups is 1. The lowest BCUT2D eigenvalue weighted by molar-refractivity contribution is 0.190. The smallest absolute Gasteiger partial charge is 0.322 e. The maximum Gasteiger partial charge on any atom is 0.322 e. The van der Waals surface area contributed by atoms with Gasteiger partial charge in [-0.05, 0) is 60.9 Å². The Labute approximate surface area is 172 Å². The third kappa shape index (κ3) is 4.12. The zero-order valence-electron chi connectivity index (χ0n) is 15.9. The Morgan fingerprint density at radius 3 is 2.69 bits per heavy atom. The fourth-order valence-electron chi connectivity index (χ4n) is 3.51. The van der Waals surface area contributed by atoms with Crippen molar-refractivity contribution in [2.24, 2.45) is 5.92 Å². The molecule has 29 heavy (non-hydrogen) atoms. The molecule has 2 aromatic carbocycles. The van der Waals surface area contributed by atoms with E-state index in [2.05, 4.69) is 10.3 Å². The number of carbonyl (C=O) groups excluding carboxylic acids is 1. The van der Waals surface area contributed by atoms with Crippen LogP contribution >= 0.6 is 11.6 Å². The molecule has 0 aliphatic heterocycles. The average Bonchev–Trinajstić information content (AvgIpc) is 3.53. The second-order valence-electron chi connectivity index (χ2n) is 7.45. The molecule has 150 valence electrons. The van der Waals surface area contributed by atoms with Gasteiger partial charge in [-0.25, -0.2) is 9.18 Å². The number of urea groups is 1. The summed E-state index contributed by atoms with van der Waals surface area (Å²) in [6, 6.07) is 10.9. The van der Waals surface area contributed by atoms with Gasteiger partial charge >= 0.3 is 6.03 Å². The largest absolute Gasteiger partial charge is 0.328 e. The first-order chi connectivity index (χ1) is 13.9. The van der Waals surface area contributed by atoms with Gasteiger partial charge in [0.2, 0.25) is 0 Å². The van der Waals surface area contributed by atoms with E-state index in [4.69, 9.17) is 11.6 Å². The Balaban J connectivity index is 1.66. The van der Waals surface area contributed by atoms with Crippen LogP contribution in [0, 0.1) is 11.7 Å². The summed E-state index contributed by atoms with van der Waals surface area (Å²) in [4.78, 5) is 29.8. The molecule has 1 atom stereocenters. The number of anilines is 1. The number of pyridine rings is 1. The lowest BCUT2D eigenvalue weighted by atomic mass is 10.0. The van der Waals surface area contributed by atoms with Crippen LogP contribution in [0.4, 0.5) is 14.9 Å². The van der Waals surface area contributed by atoms with E-state index in [0.717, 1.165) is 23.8 Å². The highest BCUT2D eigenvalue weighted by atomic mass is 35.5. The lowest BCUT2D eigenvalue weighted by Crippen LogP contribution is -2.38. The highest BCUT2D eigenvalue weighted by Gasteiger charge is 2.31. The minimum atomic E-state index is -0.535. The molecule has 1 saturated carbocycles. The second kappa shape index (κ2) is 7.87. The molecular weight excluding hydrogens is 393 g/mol. The van der Waals surface area contributed by atoms with Crippen LogP contribution in [0.1, 0.15) is 31.4 Å². The first kappa shape index (κ1) is 19.5. The number of aromatic nitrogens is 1. The standard InChI is InChI=1S/C22H21ClFN3O2/c1-13(18-11-25-21(28)17-5-3-2-4-16(17)18)27(12-14-6-7-14)22(29)26-15-8-9-20(24)19(23)10-15/h2-5,8-11,13-14H,6-7,12H2,1H3,(H,25,28)(H,26,29)/t13-/m0/s1. The van der Waals surface area contributed by atoms with E-state index in [1.165, 1.54) is 18.2 Å². The van der Waals surface area contributed by atoms with Crippen molar-refractivity contribution in [1.29, 1.82) is 0 Å². The van der Waals surface area contributed by atoms with Crippen LogP contribution in [0.2, 0.25) is 5.02 Å². The molecule has 0 bridgehead atoms. The maximum atomic E-state index is 13.4. The minimum Gasteiger partial charge on any atom is -0.328 e. The molecule has 7 heteroatoms. The fourth-order valence-corrected chi connectivity index (χ4v) is 3.69. The average molecular weight is 414 g/mol. The number of halogens is 2. The highest BCUT2D eigenvalue weighted by molar-refractivity contribution is 6.31. The van der Waals surface area contributed by atoms with Crippen molar-refractivity contribution in [3.05, 3.63) is 75.4 Å². The van der Waals surface area contributed by atoms with E-state index >= 15 is 0 Å². The number of H-pyrrole nitrogens is 1. The molecule has 5 nitrogen and oxygen atoms in total. The van der Waals surface area contributed by atoms with Crippen LogP contribution < -0.4 is 10.9 Å². The predicted octanol–water partition coefficient (Wildman–Crippen LogP) is 5.33. The first-order valence-corrected chi connectivity index (χ1v) is 9.95. The van der Waals surface area contributed by atoms with Crippen molar-refractivity contribution in [2.45, 2.75) is 25.8 Å². The van der Waals surface area contributed by atoms with Crippen LogP contribution in [0.25, 0.3) is 10.8 Å². The quantitative estimate of drug-likeness (QED) is 0.594. The van der Waals surface area contributed by atoms with Gasteiger partial charge in [-0.2, -0.15) is 0 Å². The Kier molecular flexibility index (Phi) is 5.28. The topological polar surface area (TPSA) is 65.2 Å². The normalized spacial score (nSPS) is 14.6. The summed E-state index contributed by atoms with van der Waals surface area (Å²) in [5, 5.41) is 4.19. The Bertz CT molecular complexity index is 1130. The molecule has 4 rings (SSSR count). The van der Waals surface area contributed by atoms with E-state index < -0.39 is 5.82 Å². The van der Waals surface area contributed by atoms with Crippen molar-refractivity contribution >= 4 is 34.1 Å². The summed E-state index contributed by atoms with van der Waals surface area (Å²) in [5.74, 6) is -0.0680. The lowest BCUT2D eigenvalue weighted by Gasteiger charge is -2.30. The first-order valence-electron chi connectivity index (χ1n) is 9.57. The second-order valence-corrected chi connectivity index (χ2v) is 7.86. The third-order valence-electron chi connectivity index (χ3n) is 5.34. The van der Waals surface area contributed by atoms with Gasteiger partial charge in [-0.15, -0.1) is 0 Å². The maximum absolute atomic E-state index is 13.4. The van der Waals surface area contributed by atoms with Gasteiger partial charge in [0.05, 0.1) is 11.1 Å². The molecule has 1 heterocycles. The van der Waals surface area contributed by atoms with Gasteiger partial charge < -0.3 is 15.2 Å².